The van der Waals surface area contributed by atoms with Crippen LogP contribution in [0.1, 0.15) is 21.1 Å². The molecule has 1 aromatic heterocycles. The first-order valence-corrected chi connectivity index (χ1v) is 6.38. The van der Waals surface area contributed by atoms with Crippen molar-refractivity contribution in [3.63, 3.8) is 0 Å². The number of nitrogens with zero attached hydrogens (tertiary/aromatic N) is 1. The third-order valence-electron chi connectivity index (χ3n) is 2.38. The second-order valence-electron chi connectivity index (χ2n) is 3.86. The van der Waals surface area contributed by atoms with Gasteiger partial charge in [-0.25, -0.2) is 4.98 Å². The third-order valence-corrected chi connectivity index (χ3v) is 3.37. The van der Waals surface area contributed by atoms with E-state index in [0.717, 1.165) is 21.1 Å². The standard InChI is InChI=1S/C14H13NO2S/c1-10-15-12(13(18-10)9-14(16)17)8-7-11-5-3-2-4-6-11/h2-8H,9H2,1H3,(H,16,17)/b8-7+. The third kappa shape index (κ3) is 3.28. The van der Waals surface area contributed by atoms with Crippen LogP contribution in [-0.4, -0.2) is 16.1 Å². The molecular formula is C14H13NO2S. The molecule has 0 fully saturated rings. The van der Waals surface area contributed by atoms with Gasteiger partial charge in [-0.2, -0.15) is 0 Å². The summed E-state index contributed by atoms with van der Waals surface area (Å²) in [7, 11) is 0. The molecule has 0 spiro atoms. The molecule has 0 unspecified atom stereocenters. The number of hydrogen-bond acceptors (Lipinski definition) is 3. The van der Waals surface area contributed by atoms with Crippen molar-refractivity contribution in [3.8, 4) is 0 Å². The summed E-state index contributed by atoms with van der Waals surface area (Å²) in [5.41, 5.74) is 1.83. The van der Waals surface area contributed by atoms with E-state index in [1.165, 1.54) is 11.3 Å². The molecule has 2 rings (SSSR count). The van der Waals surface area contributed by atoms with E-state index in [4.69, 9.17) is 5.11 Å². The lowest BCUT2D eigenvalue weighted by Crippen LogP contribution is -1.99. The summed E-state index contributed by atoms with van der Waals surface area (Å²) < 4.78 is 0. The molecule has 0 saturated carbocycles. The van der Waals surface area contributed by atoms with Gasteiger partial charge in [0.2, 0.25) is 0 Å². The Hall–Kier alpha value is -1.94. The van der Waals surface area contributed by atoms with Gasteiger partial charge in [-0.1, -0.05) is 36.4 Å². The zero-order valence-electron chi connectivity index (χ0n) is 9.96. The Bertz CT molecular complexity index is 573. The molecule has 4 heteroatoms. The van der Waals surface area contributed by atoms with E-state index in [0.29, 0.717) is 0 Å². The van der Waals surface area contributed by atoms with Crippen molar-refractivity contribution in [2.45, 2.75) is 13.3 Å². The maximum absolute atomic E-state index is 10.8. The maximum Gasteiger partial charge on any atom is 0.308 e. The average Bonchev–Trinajstić information content (AvgIpc) is 2.67. The Morgan fingerprint density at radius 3 is 2.72 bits per heavy atom. The molecule has 1 heterocycles. The highest BCUT2D eigenvalue weighted by Crippen LogP contribution is 2.20. The molecule has 1 aromatic carbocycles. The Balaban J connectivity index is 2.23. The number of thiazole rings is 1. The molecule has 1 N–H and O–H groups in total. The Morgan fingerprint density at radius 1 is 1.33 bits per heavy atom. The zero-order valence-corrected chi connectivity index (χ0v) is 10.8. The minimum absolute atomic E-state index is 0.0277. The molecule has 3 nitrogen and oxygen atoms in total. The minimum atomic E-state index is -0.826. The Kier molecular flexibility index (Phi) is 3.89. The van der Waals surface area contributed by atoms with Gasteiger partial charge in [0.25, 0.3) is 0 Å². The van der Waals surface area contributed by atoms with Crippen LogP contribution in [0, 0.1) is 6.92 Å². The predicted molar refractivity (Wildman–Crippen MR) is 73.6 cm³/mol. The van der Waals surface area contributed by atoms with E-state index in [1.54, 1.807) is 0 Å². The number of rotatable bonds is 4. The van der Waals surface area contributed by atoms with Crippen LogP contribution >= 0.6 is 11.3 Å². The Labute approximate surface area is 109 Å². The van der Waals surface area contributed by atoms with Crippen LogP contribution in [0.3, 0.4) is 0 Å². The number of aliphatic carboxylic acids is 1. The lowest BCUT2D eigenvalue weighted by atomic mass is 10.2. The quantitative estimate of drug-likeness (QED) is 0.917. The van der Waals surface area contributed by atoms with Crippen LogP contribution in [0.15, 0.2) is 30.3 Å². The molecule has 92 valence electrons. The number of aryl methyl sites for hydroxylation is 1. The first kappa shape index (κ1) is 12.5. The molecule has 0 aliphatic carbocycles. The summed E-state index contributed by atoms with van der Waals surface area (Å²) in [5, 5.41) is 9.73. The normalized spacial score (nSPS) is 10.9. The molecule has 18 heavy (non-hydrogen) atoms. The van der Waals surface area contributed by atoms with Crippen molar-refractivity contribution in [3.05, 3.63) is 51.5 Å². The lowest BCUT2D eigenvalue weighted by Gasteiger charge is -1.94. The van der Waals surface area contributed by atoms with E-state index < -0.39 is 5.97 Å². The van der Waals surface area contributed by atoms with Gasteiger partial charge in [0.05, 0.1) is 17.1 Å². The number of benzene rings is 1. The Morgan fingerprint density at radius 2 is 2.06 bits per heavy atom. The number of carboxylic acid groups (broad SMARTS) is 1. The predicted octanol–water partition coefficient (Wildman–Crippen LogP) is 3.25. The fourth-order valence-electron chi connectivity index (χ4n) is 1.62. The molecule has 0 atom stereocenters. The van der Waals surface area contributed by atoms with Gasteiger partial charge in [0.15, 0.2) is 0 Å². The highest BCUT2D eigenvalue weighted by atomic mass is 32.1. The molecule has 0 aliphatic heterocycles. The first-order valence-electron chi connectivity index (χ1n) is 5.56. The van der Waals surface area contributed by atoms with E-state index in [1.807, 2.05) is 49.4 Å². The van der Waals surface area contributed by atoms with Crippen LogP contribution in [0.4, 0.5) is 0 Å². The summed E-state index contributed by atoms with van der Waals surface area (Å²) in [6, 6.07) is 9.87. The molecule has 0 aliphatic rings. The highest BCUT2D eigenvalue weighted by Gasteiger charge is 2.09. The molecule has 0 bridgehead atoms. The van der Waals surface area contributed by atoms with Crippen molar-refractivity contribution in [2.24, 2.45) is 0 Å². The van der Waals surface area contributed by atoms with Crippen molar-refractivity contribution >= 4 is 29.5 Å². The first-order chi connectivity index (χ1) is 8.65. The molecule has 0 radical (unpaired) electrons. The van der Waals surface area contributed by atoms with Crippen molar-refractivity contribution in [1.29, 1.82) is 0 Å². The highest BCUT2D eigenvalue weighted by molar-refractivity contribution is 7.11. The zero-order chi connectivity index (χ0) is 13.0. The summed E-state index contributed by atoms with van der Waals surface area (Å²) >= 11 is 1.43. The maximum atomic E-state index is 10.8. The smallest absolute Gasteiger partial charge is 0.308 e. The van der Waals surface area contributed by atoms with Crippen molar-refractivity contribution in [2.75, 3.05) is 0 Å². The van der Waals surface area contributed by atoms with Crippen LogP contribution in [0.5, 0.6) is 0 Å². The second-order valence-corrected chi connectivity index (χ2v) is 5.14. The van der Waals surface area contributed by atoms with Gasteiger partial charge in [-0.05, 0) is 18.6 Å². The average molecular weight is 259 g/mol. The van der Waals surface area contributed by atoms with Crippen LogP contribution in [0.25, 0.3) is 12.2 Å². The van der Waals surface area contributed by atoms with E-state index >= 15 is 0 Å². The van der Waals surface area contributed by atoms with E-state index in [9.17, 15) is 4.79 Å². The summed E-state index contributed by atoms with van der Waals surface area (Å²) in [5.74, 6) is -0.826. The van der Waals surface area contributed by atoms with E-state index in [-0.39, 0.29) is 6.42 Å². The van der Waals surface area contributed by atoms with Gasteiger partial charge >= 0.3 is 5.97 Å². The second kappa shape index (κ2) is 5.60. The van der Waals surface area contributed by atoms with Crippen LogP contribution in [0.2, 0.25) is 0 Å². The minimum Gasteiger partial charge on any atom is -0.481 e. The number of hydrogen-bond donors (Lipinski definition) is 1. The molecule has 0 amide bonds. The van der Waals surface area contributed by atoms with Gasteiger partial charge < -0.3 is 5.11 Å². The van der Waals surface area contributed by atoms with Crippen LogP contribution in [-0.2, 0) is 11.2 Å². The largest absolute Gasteiger partial charge is 0.481 e. The van der Waals surface area contributed by atoms with Gasteiger partial charge in [0, 0.05) is 4.88 Å². The van der Waals surface area contributed by atoms with Crippen LogP contribution < -0.4 is 0 Å². The topological polar surface area (TPSA) is 50.2 Å². The van der Waals surface area contributed by atoms with Crippen molar-refractivity contribution in [1.82, 2.24) is 4.98 Å². The fourth-order valence-corrected chi connectivity index (χ4v) is 2.53. The summed E-state index contributed by atoms with van der Waals surface area (Å²) in [6.07, 6.45) is 3.84. The van der Waals surface area contributed by atoms with Crippen molar-refractivity contribution < 1.29 is 9.90 Å². The SMILES string of the molecule is Cc1nc(/C=C/c2ccccc2)c(CC(=O)O)s1. The number of carbonyl (C=O) groups is 1. The number of aromatic nitrogens is 1. The van der Waals surface area contributed by atoms with Gasteiger partial charge in [-0.15, -0.1) is 11.3 Å². The lowest BCUT2D eigenvalue weighted by molar-refractivity contribution is -0.136. The molecule has 0 saturated heterocycles. The molecule has 2 aromatic rings. The van der Waals surface area contributed by atoms with Gasteiger partial charge in [0.1, 0.15) is 0 Å². The summed E-state index contributed by atoms with van der Waals surface area (Å²) in [6.45, 7) is 1.88. The van der Waals surface area contributed by atoms with E-state index in [2.05, 4.69) is 4.98 Å². The fraction of sp³-hybridized carbons (Fsp3) is 0.143. The number of carboxylic acids is 1. The van der Waals surface area contributed by atoms with Gasteiger partial charge in [-0.3, -0.25) is 4.79 Å². The molecular weight excluding hydrogens is 246 g/mol. The summed E-state index contributed by atoms with van der Waals surface area (Å²) in [4.78, 5) is 15.9. The monoisotopic (exact) mass is 259 g/mol.